The van der Waals surface area contributed by atoms with Crippen molar-refractivity contribution in [2.45, 2.75) is 38.9 Å². The summed E-state index contributed by atoms with van der Waals surface area (Å²) in [7, 11) is 0. The van der Waals surface area contributed by atoms with Crippen molar-refractivity contribution in [1.29, 1.82) is 0 Å². The Morgan fingerprint density at radius 3 is 3.06 bits per heavy atom. The molecule has 1 unspecified atom stereocenters. The van der Waals surface area contributed by atoms with E-state index in [0.29, 0.717) is 6.04 Å². The average Bonchev–Trinajstić information content (AvgIpc) is 2.25. The fraction of sp³-hybridized carbons (Fsp3) is 0.667. The molecule has 0 spiro atoms. The van der Waals surface area contributed by atoms with Gasteiger partial charge >= 0.3 is 0 Å². The zero-order valence-corrected chi connectivity index (χ0v) is 10.3. The van der Waals surface area contributed by atoms with Gasteiger partial charge < -0.3 is 5.32 Å². The molecule has 0 saturated carbocycles. The van der Waals surface area contributed by atoms with Crippen molar-refractivity contribution in [2.75, 3.05) is 13.1 Å². The molecular formula is C12H20N4. The summed E-state index contributed by atoms with van der Waals surface area (Å²) >= 11 is 0. The molecule has 16 heavy (non-hydrogen) atoms. The lowest BCUT2D eigenvalue weighted by atomic mass is 9.99. The van der Waals surface area contributed by atoms with Crippen LogP contribution in [0.4, 0.5) is 0 Å². The van der Waals surface area contributed by atoms with Crippen LogP contribution in [0.2, 0.25) is 0 Å². The van der Waals surface area contributed by atoms with E-state index in [1.807, 2.05) is 12.1 Å². The Morgan fingerprint density at radius 2 is 2.38 bits per heavy atom. The highest BCUT2D eigenvalue weighted by atomic mass is 15.3. The first-order valence-corrected chi connectivity index (χ1v) is 5.82. The molecule has 2 rings (SSSR count). The summed E-state index contributed by atoms with van der Waals surface area (Å²) in [6, 6.07) is 4.53. The van der Waals surface area contributed by atoms with Crippen LogP contribution >= 0.6 is 0 Å². The Morgan fingerprint density at radius 1 is 1.56 bits per heavy atom. The number of hydrogen-bond donors (Lipinski definition) is 1. The van der Waals surface area contributed by atoms with Gasteiger partial charge in [-0.15, -0.1) is 0 Å². The number of hydrogen-bond acceptors (Lipinski definition) is 4. The predicted octanol–water partition coefficient (Wildman–Crippen LogP) is 1.05. The maximum absolute atomic E-state index is 4.14. The van der Waals surface area contributed by atoms with Crippen LogP contribution in [0, 0.1) is 0 Å². The third kappa shape index (κ3) is 2.77. The molecule has 0 aromatic carbocycles. The van der Waals surface area contributed by atoms with Crippen LogP contribution < -0.4 is 5.32 Å². The third-order valence-corrected chi connectivity index (χ3v) is 3.09. The molecule has 1 fully saturated rings. The molecule has 1 aliphatic heterocycles. The SMILES string of the molecule is CC1CNC(C)(C)CN1Cc1cccnn1. The summed E-state index contributed by atoms with van der Waals surface area (Å²) in [5.74, 6) is 0. The van der Waals surface area contributed by atoms with Crippen LogP contribution in [-0.4, -0.2) is 39.8 Å². The molecular weight excluding hydrogens is 200 g/mol. The maximum atomic E-state index is 4.14. The minimum Gasteiger partial charge on any atom is -0.309 e. The van der Waals surface area contributed by atoms with E-state index in [4.69, 9.17) is 0 Å². The predicted molar refractivity (Wildman–Crippen MR) is 64.0 cm³/mol. The van der Waals surface area contributed by atoms with Crippen LogP contribution in [0.25, 0.3) is 0 Å². The fourth-order valence-electron chi connectivity index (χ4n) is 2.11. The molecule has 2 heterocycles. The van der Waals surface area contributed by atoms with Crippen molar-refractivity contribution < 1.29 is 0 Å². The second kappa shape index (κ2) is 4.47. The Bertz CT molecular complexity index is 336. The smallest absolute Gasteiger partial charge is 0.0771 e. The van der Waals surface area contributed by atoms with Crippen molar-refractivity contribution in [3.8, 4) is 0 Å². The first-order chi connectivity index (χ1) is 7.57. The second-order valence-corrected chi connectivity index (χ2v) is 5.23. The molecule has 0 aliphatic carbocycles. The highest BCUT2D eigenvalue weighted by Gasteiger charge is 2.30. The van der Waals surface area contributed by atoms with Gasteiger partial charge in [0.1, 0.15) is 0 Å². The lowest BCUT2D eigenvalue weighted by Crippen LogP contribution is -2.60. The number of nitrogens with zero attached hydrogens (tertiary/aromatic N) is 3. The van der Waals surface area contributed by atoms with E-state index >= 15 is 0 Å². The highest BCUT2D eigenvalue weighted by molar-refractivity contribution is 5.01. The van der Waals surface area contributed by atoms with E-state index in [9.17, 15) is 0 Å². The minimum atomic E-state index is 0.189. The van der Waals surface area contributed by atoms with E-state index in [1.54, 1.807) is 6.20 Å². The molecule has 4 nitrogen and oxygen atoms in total. The fourth-order valence-corrected chi connectivity index (χ4v) is 2.11. The molecule has 1 N–H and O–H groups in total. The third-order valence-electron chi connectivity index (χ3n) is 3.09. The molecule has 0 bridgehead atoms. The quantitative estimate of drug-likeness (QED) is 0.809. The molecule has 1 aliphatic rings. The van der Waals surface area contributed by atoms with Gasteiger partial charge in [-0.1, -0.05) is 0 Å². The van der Waals surface area contributed by atoms with Gasteiger partial charge in [-0.3, -0.25) is 4.90 Å². The standard InChI is InChI=1S/C12H20N4/c1-10-7-13-12(2,3)9-16(10)8-11-5-4-6-14-15-11/h4-6,10,13H,7-9H2,1-3H3. The molecule has 1 aromatic heterocycles. The number of rotatable bonds is 2. The van der Waals surface area contributed by atoms with Gasteiger partial charge in [0.2, 0.25) is 0 Å². The second-order valence-electron chi connectivity index (χ2n) is 5.23. The van der Waals surface area contributed by atoms with E-state index < -0.39 is 0 Å². The first-order valence-electron chi connectivity index (χ1n) is 5.82. The number of piperazine rings is 1. The van der Waals surface area contributed by atoms with Crippen LogP contribution in [0.1, 0.15) is 26.5 Å². The van der Waals surface area contributed by atoms with Gasteiger partial charge in [-0.25, -0.2) is 0 Å². The Hall–Kier alpha value is -1.00. The van der Waals surface area contributed by atoms with E-state index in [0.717, 1.165) is 25.3 Å². The Balaban J connectivity index is 2.03. The monoisotopic (exact) mass is 220 g/mol. The van der Waals surface area contributed by atoms with Crippen molar-refractivity contribution in [1.82, 2.24) is 20.4 Å². The Labute approximate surface area is 97.1 Å². The molecule has 1 aromatic rings. The molecule has 0 radical (unpaired) electrons. The first kappa shape index (κ1) is 11.5. The molecule has 1 atom stereocenters. The molecule has 0 amide bonds. The minimum absolute atomic E-state index is 0.189. The molecule has 1 saturated heterocycles. The van der Waals surface area contributed by atoms with Gasteiger partial charge in [-0.05, 0) is 32.9 Å². The van der Waals surface area contributed by atoms with Crippen molar-refractivity contribution >= 4 is 0 Å². The summed E-state index contributed by atoms with van der Waals surface area (Å²) in [6.07, 6.45) is 1.72. The highest BCUT2D eigenvalue weighted by Crippen LogP contribution is 2.16. The lowest BCUT2D eigenvalue weighted by Gasteiger charge is -2.43. The van der Waals surface area contributed by atoms with Gasteiger partial charge in [0.05, 0.1) is 5.69 Å². The van der Waals surface area contributed by atoms with Gasteiger partial charge in [0, 0.05) is 37.4 Å². The van der Waals surface area contributed by atoms with Gasteiger partial charge in [-0.2, -0.15) is 10.2 Å². The summed E-state index contributed by atoms with van der Waals surface area (Å²) in [4.78, 5) is 2.46. The van der Waals surface area contributed by atoms with E-state index in [2.05, 4.69) is 41.2 Å². The topological polar surface area (TPSA) is 41.0 Å². The zero-order valence-electron chi connectivity index (χ0n) is 10.3. The van der Waals surface area contributed by atoms with Crippen LogP contribution in [0.15, 0.2) is 18.3 Å². The van der Waals surface area contributed by atoms with Crippen LogP contribution in [-0.2, 0) is 6.54 Å². The molecule has 4 heteroatoms. The molecule has 88 valence electrons. The normalized spacial score (nSPS) is 25.6. The van der Waals surface area contributed by atoms with Crippen molar-refractivity contribution in [3.05, 3.63) is 24.0 Å². The van der Waals surface area contributed by atoms with E-state index in [-0.39, 0.29) is 5.54 Å². The largest absolute Gasteiger partial charge is 0.309 e. The zero-order chi connectivity index (χ0) is 11.6. The Kier molecular flexibility index (Phi) is 3.21. The van der Waals surface area contributed by atoms with Crippen molar-refractivity contribution in [3.63, 3.8) is 0 Å². The number of aromatic nitrogens is 2. The average molecular weight is 220 g/mol. The lowest BCUT2D eigenvalue weighted by molar-refractivity contribution is 0.0962. The maximum Gasteiger partial charge on any atom is 0.0771 e. The number of nitrogens with one attached hydrogen (secondary N) is 1. The summed E-state index contributed by atoms with van der Waals surface area (Å²) < 4.78 is 0. The van der Waals surface area contributed by atoms with Gasteiger partial charge in [0.15, 0.2) is 0 Å². The van der Waals surface area contributed by atoms with Crippen molar-refractivity contribution in [2.24, 2.45) is 0 Å². The van der Waals surface area contributed by atoms with E-state index in [1.165, 1.54) is 0 Å². The van der Waals surface area contributed by atoms with Crippen LogP contribution in [0.3, 0.4) is 0 Å². The summed E-state index contributed by atoms with van der Waals surface area (Å²) in [6.45, 7) is 9.70. The summed E-state index contributed by atoms with van der Waals surface area (Å²) in [5.41, 5.74) is 1.24. The van der Waals surface area contributed by atoms with Gasteiger partial charge in [0.25, 0.3) is 0 Å². The summed E-state index contributed by atoms with van der Waals surface area (Å²) in [5, 5.41) is 11.6. The van der Waals surface area contributed by atoms with Crippen LogP contribution in [0.5, 0.6) is 0 Å².